The van der Waals surface area contributed by atoms with Gasteiger partial charge in [0.1, 0.15) is 5.82 Å². The van der Waals surface area contributed by atoms with Crippen molar-refractivity contribution >= 4 is 0 Å². The summed E-state index contributed by atoms with van der Waals surface area (Å²) < 4.78 is 13.3. The molecule has 2 aromatic carbocycles. The second kappa shape index (κ2) is 5.32. The summed E-state index contributed by atoms with van der Waals surface area (Å²) in [5.74, 6) is -0.186. The van der Waals surface area contributed by atoms with E-state index in [0.29, 0.717) is 6.54 Å². The monoisotopic (exact) mass is 243 g/mol. The standard InChI is InChI=1S/C16H18FN/c1-11-4-6-15(12(2)8-11)16-7-5-14(17)9-13(16)10-18-3/h4-9,18H,10H2,1-3H3. The van der Waals surface area contributed by atoms with Crippen LogP contribution in [0.2, 0.25) is 0 Å². The predicted molar refractivity (Wildman–Crippen MR) is 74.1 cm³/mol. The summed E-state index contributed by atoms with van der Waals surface area (Å²) in [6, 6.07) is 11.3. The minimum atomic E-state index is -0.186. The molecule has 0 radical (unpaired) electrons. The maximum absolute atomic E-state index is 13.3. The molecule has 0 aliphatic rings. The van der Waals surface area contributed by atoms with Gasteiger partial charge in [-0.2, -0.15) is 0 Å². The fourth-order valence-corrected chi connectivity index (χ4v) is 2.28. The lowest BCUT2D eigenvalue weighted by atomic mass is 9.94. The molecule has 0 unspecified atom stereocenters. The van der Waals surface area contributed by atoms with Crippen molar-refractivity contribution in [3.63, 3.8) is 0 Å². The van der Waals surface area contributed by atoms with Crippen molar-refractivity contribution < 1.29 is 4.39 Å². The summed E-state index contributed by atoms with van der Waals surface area (Å²) in [5.41, 5.74) is 5.73. The number of nitrogens with one attached hydrogen (secondary N) is 1. The number of hydrogen-bond acceptors (Lipinski definition) is 1. The average molecular weight is 243 g/mol. The van der Waals surface area contributed by atoms with E-state index < -0.39 is 0 Å². The van der Waals surface area contributed by atoms with E-state index in [9.17, 15) is 4.39 Å². The average Bonchev–Trinajstić information content (AvgIpc) is 2.31. The highest BCUT2D eigenvalue weighted by Gasteiger charge is 2.08. The molecular formula is C16H18FN. The Bertz CT molecular complexity index is 561. The van der Waals surface area contributed by atoms with Crippen LogP contribution in [0.1, 0.15) is 16.7 Å². The Labute approximate surface area is 108 Å². The van der Waals surface area contributed by atoms with Gasteiger partial charge in [0.25, 0.3) is 0 Å². The van der Waals surface area contributed by atoms with E-state index in [0.717, 1.165) is 11.1 Å². The van der Waals surface area contributed by atoms with Gasteiger partial charge < -0.3 is 5.32 Å². The van der Waals surface area contributed by atoms with Gasteiger partial charge in [-0.3, -0.25) is 0 Å². The first-order valence-corrected chi connectivity index (χ1v) is 6.12. The SMILES string of the molecule is CNCc1cc(F)ccc1-c1ccc(C)cc1C. The van der Waals surface area contributed by atoms with Crippen LogP contribution in [0.4, 0.5) is 4.39 Å². The lowest BCUT2D eigenvalue weighted by molar-refractivity contribution is 0.624. The van der Waals surface area contributed by atoms with Crippen LogP contribution < -0.4 is 5.32 Å². The lowest BCUT2D eigenvalue weighted by Gasteiger charge is -2.12. The van der Waals surface area contributed by atoms with Crippen molar-refractivity contribution in [2.45, 2.75) is 20.4 Å². The van der Waals surface area contributed by atoms with E-state index in [1.54, 1.807) is 6.07 Å². The van der Waals surface area contributed by atoms with Crippen LogP contribution in [0.25, 0.3) is 11.1 Å². The van der Waals surface area contributed by atoms with Crippen molar-refractivity contribution in [3.05, 3.63) is 58.9 Å². The number of rotatable bonds is 3. The zero-order valence-corrected chi connectivity index (χ0v) is 11.0. The molecule has 0 spiro atoms. The van der Waals surface area contributed by atoms with Crippen LogP contribution in [-0.2, 0) is 6.54 Å². The third-order valence-electron chi connectivity index (χ3n) is 3.11. The summed E-state index contributed by atoms with van der Waals surface area (Å²) in [6.07, 6.45) is 0. The maximum atomic E-state index is 13.3. The molecule has 0 saturated carbocycles. The number of benzene rings is 2. The number of aryl methyl sites for hydroxylation is 2. The van der Waals surface area contributed by atoms with E-state index in [1.165, 1.54) is 22.8 Å². The van der Waals surface area contributed by atoms with Crippen molar-refractivity contribution in [3.8, 4) is 11.1 Å². The van der Waals surface area contributed by atoms with Crippen molar-refractivity contribution in [2.75, 3.05) is 7.05 Å². The van der Waals surface area contributed by atoms with Crippen LogP contribution >= 0.6 is 0 Å². The molecule has 0 saturated heterocycles. The Morgan fingerprint density at radius 2 is 1.72 bits per heavy atom. The first-order chi connectivity index (χ1) is 8.61. The molecule has 1 nitrogen and oxygen atoms in total. The van der Waals surface area contributed by atoms with Gasteiger partial charge in [0.05, 0.1) is 0 Å². The zero-order valence-electron chi connectivity index (χ0n) is 11.0. The first-order valence-electron chi connectivity index (χ1n) is 6.12. The minimum absolute atomic E-state index is 0.186. The summed E-state index contributed by atoms with van der Waals surface area (Å²) in [6.45, 7) is 4.84. The minimum Gasteiger partial charge on any atom is -0.316 e. The van der Waals surface area contributed by atoms with E-state index >= 15 is 0 Å². The van der Waals surface area contributed by atoms with Gasteiger partial charge in [-0.1, -0.05) is 29.8 Å². The molecule has 0 aromatic heterocycles. The zero-order chi connectivity index (χ0) is 13.1. The number of hydrogen-bond donors (Lipinski definition) is 1. The van der Waals surface area contributed by atoms with E-state index in [4.69, 9.17) is 0 Å². The van der Waals surface area contributed by atoms with Crippen LogP contribution in [-0.4, -0.2) is 7.05 Å². The molecule has 0 heterocycles. The molecule has 0 fully saturated rings. The van der Waals surface area contributed by atoms with E-state index in [-0.39, 0.29) is 5.82 Å². The molecule has 2 heteroatoms. The molecule has 0 amide bonds. The third kappa shape index (κ3) is 2.59. The van der Waals surface area contributed by atoms with E-state index in [2.05, 4.69) is 37.4 Å². The Balaban J connectivity index is 2.55. The second-order valence-electron chi connectivity index (χ2n) is 4.65. The Kier molecular flexibility index (Phi) is 3.78. The van der Waals surface area contributed by atoms with Crippen LogP contribution in [0.5, 0.6) is 0 Å². The summed E-state index contributed by atoms with van der Waals surface area (Å²) in [5, 5.41) is 3.09. The molecule has 1 N–H and O–H groups in total. The molecule has 2 rings (SSSR count). The molecule has 2 aromatic rings. The Morgan fingerprint density at radius 1 is 1.00 bits per heavy atom. The maximum Gasteiger partial charge on any atom is 0.123 e. The molecule has 0 aliphatic heterocycles. The van der Waals surface area contributed by atoms with Gasteiger partial charge in [-0.25, -0.2) is 4.39 Å². The van der Waals surface area contributed by atoms with Crippen LogP contribution in [0.3, 0.4) is 0 Å². The molecule has 94 valence electrons. The molecule has 18 heavy (non-hydrogen) atoms. The van der Waals surface area contributed by atoms with Gasteiger partial charge in [0, 0.05) is 6.54 Å². The Morgan fingerprint density at radius 3 is 2.39 bits per heavy atom. The summed E-state index contributed by atoms with van der Waals surface area (Å²) >= 11 is 0. The van der Waals surface area contributed by atoms with Crippen LogP contribution in [0, 0.1) is 19.7 Å². The van der Waals surface area contributed by atoms with Crippen molar-refractivity contribution in [1.29, 1.82) is 0 Å². The van der Waals surface area contributed by atoms with Gasteiger partial charge in [-0.15, -0.1) is 0 Å². The van der Waals surface area contributed by atoms with Gasteiger partial charge in [0.2, 0.25) is 0 Å². The number of halogens is 1. The molecule has 0 aliphatic carbocycles. The Hall–Kier alpha value is -1.67. The lowest BCUT2D eigenvalue weighted by Crippen LogP contribution is -2.07. The largest absolute Gasteiger partial charge is 0.316 e. The predicted octanol–water partition coefficient (Wildman–Crippen LogP) is 3.83. The quantitative estimate of drug-likeness (QED) is 0.864. The fourth-order valence-electron chi connectivity index (χ4n) is 2.28. The third-order valence-corrected chi connectivity index (χ3v) is 3.11. The van der Waals surface area contributed by atoms with Gasteiger partial charge in [0.15, 0.2) is 0 Å². The van der Waals surface area contributed by atoms with Crippen LogP contribution in [0.15, 0.2) is 36.4 Å². The smallest absolute Gasteiger partial charge is 0.123 e. The highest BCUT2D eigenvalue weighted by molar-refractivity contribution is 5.71. The van der Waals surface area contributed by atoms with Gasteiger partial charge in [-0.05, 0) is 55.3 Å². The normalized spacial score (nSPS) is 10.7. The first kappa shape index (κ1) is 12.8. The summed E-state index contributed by atoms with van der Waals surface area (Å²) in [7, 11) is 1.87. The van der Waals surface area contributed by atoms with Gasteiger partial charge >= 0.3 is 0 Å². The second-order valence-corrected chi connectivity index (χ2v) is 4.65. The van der Waals surface area contributed by atoms with Crippen molar-refractivity contribution in [2.24, 2.45) is 0 Å². The molecule has 0 atom stereocenters. The highest BCUT2D eigenvalue weighted by atomic mass is 19.1. The molecular weight excluding hydrogens is 225 g/mol. The highest BCUT2D eigenvalue weighted by Crippen LogP contribution is 2.28. The van der Waals surface area contributed by atoms with E-state index in [1.807, 2.05) is 13.1 Å². The molecule has 0 bridgehead atoms. The van der Waals surface area contributed by atoms with Crippen molar-refractivity contribution in [1.82, 2.24) is 5.32 Å². The summed E-state index contributed by atoms with van der Waals surface area (Å²) in [4.78, 5) is 0. The fraction of sp³-hybridized carbons (Fsp3) is 0.250. The topological polar surface area (TPSA) is 12.0 Å².